The summed E-state index contributed by atoms with van der Waals surface area (Å²) in [5.41, 5.74) is 4.04. The maximum atomic E-state index is 12.4. The summed E-state index contributed by atoms with van der Waals surface area (Å²) in [5, 5.41) is 3.97. The number of furan rings is 1. The highest BCUT2D eigenvalue weighted by molar-refractivity contribution is 6.35. The third-order valence-electron chi connectivity index (χ3n) is 6.29. The third-order valence-corrected chi connectivity index (χ3v) is 6.73. The topological polar surface area (TPSA) is 48.7 Å². The fourth-order valence-corrected chi connectivity index (χ4v) is 4.92. The van der Waals surface area contributed by atoms with E-state index in [1.807, 2.05) is 18.2 Å². The first-order chi connectivity index (χ1) is 18.0. The van der Waals surface area contributed by atoms with Crippen LogP contribution in [-0.2, 0) is 11.3 Å². The molecular formula is C30H27Cl2N3O2. The standard InChI is InChI=1S/C30H27Cl2N3O2/c31-24-18-23(19-25(32)20-24)29-12-10-28(37-29)11-13-30(36)33-26-6-8-27(9-7-26)35-16-14-34(15-17-35)21-22-4-2-1-3-5-22/h1-13,18-20H,14-17,21H2,(H,33,36)/b13-11+. The van der Waals surface area contributed by atoms with E-state index in [1.165, 1.54) is 11.6 Å². The lowest BCUT2D eigenvalue weighted by Crippen LogP contribution is -2.45. The van der Waals surface area contributed by atoms with Crippen molar-refractivity contribution in [3.05, 3.63) is 112 Å². The van der Waals surface area contributed by atoms with Crippen LogP contribution >= 0.6 is 23.2 Å². The van der Waals surface area contributed by atoms with Gasteiger partial charge >= 0.3 is 0 Å². The van der Waals surface area contributed by atoms with Crippen molar-refractivity contribution < 1.29 is 9.21 Å². The Balaban J connectivity index is 1.12. The van der Waals surface area contributed by atoms with Crippen LogP contribution in [0.3, 0.4) is 0 Å². The molecule has 0 spiro atoms. The minimum Gasteiger partial charge on any atom is -0.457 e. The summed E-state index contributed by atoms with van der Waals surface area (Å²) in [7, 11) is 0. The van der Waals surface area contributed by atoms with Gasteiger partial charge in [-0.05, 0) is 66.2 Å². The first kappa shape index (κ1) is 25.2. The van der Waals surface area contributed by atoms with E-state index in [2.05, 4.69) is 57.6 Å². The predicted octanol–water partition coefficient (Wildman–Crippen LogP) is 7.23. The van der Waals surface area contributed by atoms with E-state index >= 15 is 0 Å². The minimum atomic E-state index is -0.231. The Morgan fingerprint density at radius 3 is 2.27 bits per heavy atom. The van der Waals surface area contributed by atoms with Crippen LogP contribution in [0, 0.1) is 0 Å². The highest BCUT2D eigenvalue weighted by Gasteiger charge is 2.17. The van der Waals surface area contributed by atoms with E-state index < -0.39 is 0 Å². The molecule has 1 aliphatic heterocycles. The van der Waals surface area contributed by atoms with Crippen molar-refractivity contribution in [1.29, 1.82) is 0 Å². The van der Waals surface area contributed by atoms with Crippen molar-refractivity contribution >= 4 is 46.6 Å². The highest BCUT2D eigenvalue weighted by Crippen LogP contribution is 2.29. The lowest BCUT2D eigenvalue weighted by Gasteiger charge is -2.36. The fourth-order valence-electron chi connectivity index (χ4n) is 4.40. The SMILES string of the molecule is O=C(/C=C/c1ccc(-c2cc(Cl)cc(Cl)c2)o1)Nc1ccc(N2CCN(Cc3ccccc3)CC2)cc1. The molecule has 188 valence electrons. The van der Waals surface area contributed by atoms with Crippen LogP contribution in [0.2, 0.25) is 10.0 Å². The third kappa shape index (κ3) is 6.83. The number of carbonyl (C=O) groups excluding carboxylic acids is 1. The summed E-state index contributed by atoms with van der Waals surface area (Å²) in [5.74, 6) is 0.954. The number of anilines is 2. The molecule has 37 heavy (non-hydrogen) atoms. The molecule has 1 amide bonds. The number of amides is 1. The van der Waals surface area contributed by atoms with Crippen molar-refractivity contribution in [3.8, 4) is 11.3 Å². The van der Waals surface area contributed by atoms with Gasteiger partial charge in [0, 0.05) is 65.8 Å². The molecule has 1 saturated heterocycles. The molecule has 0 saturated carbocycles. The Hall–Kier alpha value is -3.51. The van der Waals surface area contributed by atoms with Crippen molar-refractivity contribution in [2.75, 3.05) is 36.4 Å². The molecule has 1 aromatic heterocycles. The van der Waals surface area contributed by atoms with E-state index in [0.717, 1.165) is 49.7 Å². The van der Waals surface area contributed by atoms with Crippen LogP contribution in [0.1, 0.15) is 11.3 Å². The predicted molar refractivity (Wildman–Crippen MR) is 152 cm³/mol. The molecule has 5 nitrogen and oxygen atoms in total. The Bertz CT molecular complexity index is 1360. The van der Waals surface area contributed by atoms with Gasteiger partial charge in [-0.1, -0.05) is 53.5 Å². The molecule has 5 rings (SSSR count). The summed E-state index contributed by atoms with van der Waals surface area (Å²) >= 11 is 12.2. The Kier molecular flexibility index (Phi) is 7.95. The molecule has 7 heteroatoms. The first-order valence-electron chi connectivity index (χ1n) is 12.2. The molecule has 1 aliphatic rings. The first-order valence-corrected chi connectivity index (χ1v) is 12.9. The largest absolute Gasteiger partial charge is 0.457 e. The molecule has 3 aromatic carbocycles. The molecule has 1 fully saturated rings. The second-order valence-corrected chi connectivity index (χ2v) is 9.85. The van der Waals surface area contributed by atoms with Crippen LogP contribution in [0.5, 0.6) is 0 Å². The van der Waals surface area contributed by atoms with Gasteiger partial charge in [-0.25, -0.2) is 0 Å². The number of hydrogen-bond donors (Lipinski definition) is 1. The van der Waals surface area contributed by atoms with Crippen LogP contribution in [0.25, 0.3) is 17.4 Å². The molecule has 0 unspecified atom stereocenters. The monoisotopic (exact) mass is 531 g/mol. The van der Waals surface area contributed by atoms with Crippen molar-refractivity contribution in [3.63, 3.8) is 0 Å². The Labute approximate surface area is 226 Å². The van der Waals surface area contributed by atoms with Gasteiger partial charge in [0.05, 0.1) is 0 Å². The molecule has 2 heterocycles. The lowest BCUT2D eigenvalue weighted by molar-refractivity contribution is -0.111. The van der Waals surface area contributed by atoms with E-state index in [-0.39, 0.29) is 5.91 Å². The van der Waals surface area contributed by atoms with Crippen molar-refractivity contribution in [2.45, 2.75) is 6.54 Å². The van der Waals surface area contributed by atoms with Crippen LogP contribution in [0.15, 0.2) is 95.4 Å². The number of halogens is 2. The van der Waals surface area contributed by atoms with Gasteiger partial charge in [-0.3, -0.25) is 9.69 Å². The molecular weight excluding hydrogens is 505 g/mol. The number of hydrogen-bond acceptors (Lipinski definition) is 4. The molecule has 1 N–H and O–H groups in total. The number of carbonyl (C=O) groups is 1. The molecule has 0 atom stereocenters. The second kappa shape index (κ2) is 11.7. The second-order valence-electron chi connectivity index (χ2n) is 8.98. The van der Waals surface area contributed by atoms with Gasteiger partial charge in [-0.2, -0.15) is 0 Å². The number of piperazine rings is 1. The van der Waals surface area contributed by atoms with Crippen LogP contribution in [0.4, 0.5) is 11.4 Å². The summed E-state index contributed by atoms with van der Waals surface area (Å²) in [6.45, 7) is 5.00. The van der Waals surface area contributed by atoms with Crippen LogP contribution in [-0.4, -0.2) is 37.0 Å². The minimum absolute atomic E-state index is 0.231. The van der Waals surface area contributed by atoms with E-state index in [9.17, 15) is 4.79 Å². The molecule has 4 aromatic rings. The Morgan fingerprint density at radius 2 is 1.57 bits per heavy atom. The van der Waals surface area contributed by atoms with Crippen LogP contribution < -0.4 is 10.2 Å². The van der Waals surface area contributed by atoms with Crippen molar-refractivity contribution in [1.82, 2.24) is 4.90 Å². The lowest BCUT2D eigenvalue weighted by atomic mass is 10.2. The maximum Gasteiger partial charge on any atom is 0.248 e. The summed E-state index contributed by atoms with van der Waals surface area (Å²) in [6.07, 6.45) is 3.09. The summed E-state index contributed by atoms with van der Waals surface area (Å²) < 4.78 is 5.81. The average molecular weight is 532 g/mol. The molecule has 0 radical (unpaired) electrons. The number of rotatable bonds is 7. The molecule has 0 aliphatic carbocycles. The zero-order valence-electron chi connectivity index (χ0n) is 20.2. The highest BCUT2D eigenvalue weighted by atomic mass is 35.5. The average Bonchev–Trinajstić information content (AvgIpc) is 3.38. The van der Waals surface area contributed by atoms with Gasteiger partial charge in [0.1, 0.15) is 11.5 Å². The fraction of sp³-hybridized carbons (Fsp3) is 0.167. The van der Waals surface area contributed by atoms with E-state index in [1.54, 1.807) is 30.3 Å². The van der Waals surface area contributed by atoms with Gasteiger partial charge < -0.3 is 14.6 Å². The zero-order valence-corrected chi connectivity index (χ0v) is 21.8. The Morgan fingerprint density at radius 1 is 0.865 bits per heavy atom. The van der Waals surface area contributed by atoms with Gasteiger partial charge in [0.25, 0.3) is 0 Å². The quantitative estimate of drug-likeness (QED) is 0.255. The van der Waals surface area contributed by atoms with Gasteiger partial charge in [0.15, 0.2) is 0 Å². The maximum absolute atomic E-state index is 12.4. The van der Waals surface area contributed by atoms with Gasteiger partial charge in [0.2, 0.25) is 5.91 Å². The normalized spacial score (nSPS) is 14.3. The van der Waals surface area contributed by atoms with E-state index in [0.29, 0.717) is 21.6 Å². The summed E-state index contributed by atoms with van der Waals surface area (Å²) in [6, 6.07) is 27.4. The number of benzene rings is 3. The number of nitrogens with zero attached hydrogens (tertiary/aromatic N) is 2. The van der Waals surface area contributed by atoms with E-state index in [4.69, 9.17) is 27.6 Å². The van der Waals surface area contributed by atoms with Gasteiger partial charge in [-0.15, -0.1) is 0 Å². The number of nitrogens with one attached hydrogen (secondary N) is 1. The summed E-state index contributed by atoms with van der Waals surface area (Å²) in [4.78, 5) is 17.3. The van der Waals surface area contributed by atoms with Crippen molar-refractivity contribution in [2.24, 2.45) is 0 Å². The molecule has 0 bridgehead atoms. The zero-order chi connectivity index (χ0) is 25.6. The smallest absolute Gasteiger partial charge is 0.248 e.